The Bertz CT molecular complexity index is 175. The van der Waals surface area contributed by atoms with Crippen molar-refractivity contribution in [2.45, 2.75) is 40.2 Å². The van der Waals surface area contributed by atoms with Gasteiger partial charge in [0.15, 0.2) is 0 Å². The number of β-lactam (4-membered cyclic amide) rings is 1. The molecule has 0 aromatic heterocycles. The summed E-state index contributed by atoms with van der Waals surface area (Å²) >= 11 is 0. The molecule has 0 N–H and O–H groups in total. The van der Waals surface area contributed by atoms with Crippen LogP contribution in [0.5, 0.6) is 0 Å². The van der Waals surface area contributed by atoms with Gasteiger partial charge < -0.3 is 4.90 Å². The van der Waals surface area contributed by atoms with Gasteiger partial charge in [-0.1, -0.05) is 27.7 Å². The summed E-state index contributed by atoms with van der Waals surface area (Å²) in [7, 11) is 0. The van der Waals surface area contributed by atoms with Crippen molar-refractivity contribution in [2.75, 3.05) is 6.54 Å². The molecule has 0 aromatic rings. The first kappa shape index (κ1) is 9.56. The topological polar surface area (TPSA) is 20.3 Å². The van der Waals surface area contributed by atoms with Gasteiger partial charge in [-0.2, -0.15) is 0 Å². The number of likely N-dealkylation sites (tertiary alicyclic amines) is 1. The molecule has 0 radical (unpaired) electrons. The van der Waals surface area contributed by atoms with E-state index in [0.717, 1.165) is 13.0 Å². The number of hydrogen-bond donors (Lipinski definition) is 0. The second-order valence-electron chi connectivity index (χ2n) is 4.46. The van der Waals surface area contributed by atoms with Crippen LogP contribution in [0.3, 0.4) is 0 Å². The van der Waals surface area contributed by atoms with E-state index in [1.807, 2.05) is 4.90 Å². The summed E-state index contributed by atoms with van der Waals surface area (Å²) in [6.07, 6.45) is 0.768. The third-order valence-corrected chi connectivity index (χ3v) is 2.44. The highest BCUT2D eigenvalue weighted by atomic mass is 16.2. The third kappa shape index (κ3) is 1.79. The molecular weight excluding hydrogens is 150 g/mol. The zero-order valence-electron chi connectivity index (χ0n) is 8.50. The van der Waals surface area contributed by atoms with Crippen LogP contribution in [0, 0.1) is 11.8 Å². The smallest absolute Gasteiger partial charge is 0.224 e. The maximum absolute atomic E-state index is 11.2. The fourth-order valence-corrected chi connectivity index (χ4v) is 1.71. The van der Waals surface area contributed by atoms with Crippen LogP contribution in [0.2, 0.25) is 0 Å². The van der Waals surface area contributed by atoms with Crippen LogP contribution in [-0.4, -0.2) is 23.4 Å². The molecular formula is C10H19NO. The molecule has 1 unspecified atom stereocenters. The lowest BCUT2D eigenvalue weighted by Gasteiger charge is -2.44. The summed E-state index contributed by atoms with van der Waals surface area (Å²) in [5, 5.41) is 0. The van der Waals surface area contributed by atoms with Crippen LogP contribution in [0.4, 0.5) is 0 Å². The Balaban J connectivity index is 2.44. The third-order valence-electron chi connectivity index (χ3n) is 2.44. The van der Waals surface area contributed by atoms with Crippen LogP contribution in [0.25, 0.3) is 0 Å². The Hall–Kier alpha value is -0.530. The number of amides is 1. The van der Waals surface area contributed by atoms with Crippen molar-refractivity contribution in [1.82, 2.24) is 4.90 Å². The van der Waals surface area contributed by atoms with Gasteiger partial charge in [0.1, 0.15) is 0 Å². The quantitative estimate of drug-likeness (QED) is 0.591. The minimum atomic E-state index is 0.336. The molecule has 0 spiro atoms. The predicted molar refractivity (Wildman–Crippen MR) is 49.8 cm³/mol. The van der Waals surface area contributed by atoms with Crippen molar-refractivity contribution in [3.05, 3.63) is 0 Å². The van der Waals surface area contributed by atoms with E-state index in [-0.39, 0.29) is 0 Å². The van der Waals surface area contributed by atoms with Gasteiger partial charge in [0, 0.05) is 19.0 Å². The molecule has 12 heavy (non-hydrogen) atoms. The van der Waals surface area contributed by atoms with Crippen molar-refractivity contribution < 1.29 is 4.79 Å². The zero-order chi connectivity index (χ0) is 9.30. The Morgan fingerprint density at radius 2 is 2.00 bits per heavy atom. The van der Waals surface area contributed by atoms with Gasteiger partial charge in [-0.05, 0) is 11.8 Å². The van der Waals surface area contributed by atoms with Crippen LogP contribution in [0.1, 0.15) is 34.1 Å². The summed E-state index contributed by atoms with van der Waals surface area (Å²) < 4.78 is 0. The molecule has 1 amide bonds. The predicted octanol–water partition coefficient (Wildman–Crippen LogP) is 1.90. The standard InChI is InChI=1S/C10H19NO/c1-7(2)6-11-9(8(3)4)5-10(11)12/h7-9H,5-6H2,1-4H3. The minimum absolute atomic E-state index is 0.336. The van der Waals surface area contributed by atoms with Gasteiger partial charge in [-0.25, -0.2) is 0 Å². The second kappa shape index (κ2) is 3.46. The average molecular weight is 169 g/mol. The first-order valence-electron chi connectivity index (χ1n) is 4.81. The average Bonchev–Trinajstić information content (AvgIpc) is 1.95. The Morgan fingerprint density at radius 3 is 2.33 bits per heavy atom. The number of rotatable bonds is 3. The molecule has 2 nitrogen and oxygen atoms in total. The highest BCUT2D eigenvalue weighted by Crippen LogP contribution is 2.26. The molecule has 1 rings (SSSR count). The molecule has 1 atom stereocenters. The number of carbonyl (C=O) groups is 1. The Labute approximate surface area is 74.9 Å². The lowest BCUT2D eigenvalue weighted by atomic mass is 9.90. The number of nitrogens with zero attached hydrogens (tertiary/aromatic N) is 1. The highest BCUT2D eigenvalue weighted by Gasteiger charge is 2.37. The molecule has 1 fully saturated rings. The van der Waals surface area contributed by atoms with Gasteiger partial charge in [0.05, 0.1) is 0 Å². The molecule has 70 valence electrons. The van der Waals surface area contributed by atoms with Crippen molar-refractivity contribution in [1.29, 1.82) is 0 Å². The van der Waals surface area contributed by atoms with Crippen molar-refractivity contribution in [3.63, 3.8) is 0 Å². The lowest BCUT2D eigenvalue weighted by molar-refractivity contribution is -0.149. The first-order chi connectivity index (χ1) is 5.52. The van der Waals surface area contributed by atoms with Crippen LogP contribution in [-0.2, 0) is 4.79 Å². The van der Waals surface area contributed by atoms with Crippen LogP contribution < -0.4 is 0 Å². The van der Waals surface area contributed by atoms with Gasteiger partial charge in [0.2, 0.25) is 5.91 Å². The van der Waals surface area contributed by atoms with Gasteiger partial charge in [-0.3, -0.25) is 4.79 Å². The Kier molecular flexibility index (Phi) is 2.76. The summed E-state index contributed by atoms with van der Waals surface area (Å²) in [6, 6.07) is 0.514. The first-order valence-corrected chi connectivity index (χ1v) is 4.81. The van der Waals surface area contributed by atoms with Gasteiger partial charge in [0.25, 0.3) is 0 Å². The minimum Gasteiger partial charge on any atom is -0.339 e. The van der Waals surface area contributed by atoms with E-state index in [9.17, 15) is 4.79 Å². The van der Waals surface area contributed by atoms with E-state index in [1.54, 1.807) is 0 Å². The van der Waals surface area contributed by atoms with Gasteiger partial charge >= 0.3 is 0 Å². The fraction of sp³-hybridized carbons (Fsp3) is 0.900. The van der Waals surface area contributed by atoms with E-state index < -0.39 is 0 Å². The van der Waals surface area contributed by atoms with E-state index in [1.165, 1.54) is 0 Å². The van der Waals surface area contributed by atoms with Crippen LogP contribution in [0.15, 0.2) is 0 Å². The zero-order valence-corrected chi connectivity index (χ0v) is 8.50. The molecule has 0 bridgehead atoms. The summed E-state index contributed by atoms with van der Waals surface area (Å²) in [6.45, 7) is 9.61. The second-order valence-corrected chi connectivity index (χ2v) is 4.46. The van der Waals surface area contributed by atoms with Crippen molar-refractivity contribution in [3.8, 4) is 0 Å². The SMILES string of the molecule is CC(C)CN1C(=O)CC1C(C)C. The lowest BCUT2D eigenvalue weighted by Crippen LogP contribution is -2.56. The van der Waals surface area contributed by atoms with Crippen molar-refractivity contribution >= 4 is 5.91 Å². The van der Waals surface area contributed by atoms with Gasteiger partial charge in [-0.15, -0.1) is 0 Å². The largest absolute Gasteiger partial charge is 0.339 e. The molecule has 0 aliphatic carbocycles. The fourth-order valence-electron chi connectivity index (χ4n) is 1.71. The number of hydrogen-bond acceptors (Lipinski definition) is 1. The maximum Gasteiger partial charge on any atom is 0.224 e. The Morgan fingerprint density at radius 1 is 1.42 bits per heavy atom. The maximum atomic E-state index is 11.2. The normalized spacial score (nSPS) is 23.7. The number of carbonyl (C=O) groups excluding carboxylic acids is 1. The molecule has 0 aromatic carbocycles. The molecule has 1 aliphatic heterocycles. The van der Waals surface area contributed by atoms with E-state index in [0.29, 0.717) is 23.8 Å². The van der Waals surface area contributed by atoms with Crippen molar-refractivity contribution in [2.24, 2.45) is 11.8 Å². The molecule has 1 saturated heterocycles. The highest BCUT2D eigenvalue weighted by molar-refractivity contribution is 5.83. The molecule has 0 saturated carbocycles. The monoisotopic (exact) mass is 169 g/mol. The molecule has 1 aliphatic rings. The summed E-state index contributed by atoms with van der Waals surface area (Å²) in [5.74, 6) is 1.54. The summed E-state index contributed by atoms with van der Waals surface area (Å²) in [4.78, 5) is 13.2. The van der Waals surface area contributed by atoms with E-state index in [4.69, 9.17) is 0 Å². The molecule has 1 heterocycles. The van der Waals surface area contributed by atoms with E-state index >= 15 is 0 Å². The van der Waals surface area contributed by atoms with E-state index in [2.05, 4.69) is 27.7 Å². The molecule has 2 heteroatoms. The van der Waals surface area contributed by atoms with Crippen LogP contribution >= 0.6 is 0 Å². The summed E-state index contributed by atoms with van der Waals surface area (Å²) in [5.41, 5.74) is 0.